The van der Waals surface area contributed by atoms with Gasteiger partial charge in [-0.1, -0.05) is 6.07 Å². The van der Waals surface area contributed by atoms with E-state index in [2.05, 4.69) is 0 Å². The molecule has 0 fully saturated rings. The van der Waals surface area contributed by atoms with Crippen molar-refractivity contribution in [1.82, 2.24) is 0 Å². The lowest BCUT2D eigenvalue weighted by atomic mass is 10.2. The predicted molar refractivity (Wildman–Crippen MR) is 63.5 cm³/mol. The second kappa shape index (κ2) is 7.17. The summed E-state index contributed by atoms with van der Waals surface area (Å²) in [6, 6.07) is 3.98. The molecular formula is C12H16O3S. The summed E-state index contributed by atoms with van der Waals surface area (Å²) in [6.45, 7) is 1.89. The van der Waals surface area contributed by atoms with Gasteiger partial charge in [0.15, 0.2) is 0 Å². The lowest BCUT2D eigenvalue weighted by molar-refractivity contribution is -0.144. The van der Waals surface area contributed by atoms with E-state index in [0.29, 0.717) is 25.9 Å². The van der Waals surface area contributed by atoms with E-state index >= 15 is 0 Å². The summed E-state index contributed by atoms with van der Waals surface area (Å²) in [5.41, 5.74) is 0. The summed E-state index contributed by atoms with van der Waals surface area (Å²) in [7, 11) is 0. The third kappa shape index (κ3) is 5.66. The van der Waals surface area contributed by atoms with Crippen molar-refractivity contribution in [3.8, 4) is 0 Å². The van der Waals surface area contributed by atoms with E-state index in [-0.39, 0.29) is 11.8 Å². The van der Waals surface area contributed by atoms with Crippen LogP contribution in [0.3, 0.4) is 0 Å². The van der Waals surface area contributed by atoms with Gasteiger partial charge in [0.05, 0.1) is 13.0 Å². The third-order valence-electron chi connectivity index (χ3n) is 2.09. The molecule has 0 bridgehead atoms. The van der Waals surface area contributed by atoms with Crippen molar-refractivity contribution in [2.45, 2.75) is 32.6 Å². The van der Waals surface area contributed by atoms with Gasteiger partial charge < -0.3 is 9.53 Å². The fourth-order valence-electron chi connectivity index (χ4n) is 1.26. The third-order valence-corrected chi connectivity index (χ3v) is 3.03. The topological polar surface area (TPSA) is 43.4 Å². The molecule has 0 aliphatic carbocycles. The lowest BCUT2D eigenvalue weighted by Gasteiger charge is -2.02. The molecule has 0 N–H and O–H groups in total. The van der Waals surface area contributed by atoms with Crippen molar-refractivity contribution in [3.05, 3.63) is 22.4 Å². The highest BCUT2D eigenvalue weighted by molar-refractivity contribution is 7.09. The average Bonchev–Trinajstić information content (AvgIpc) is 2.74. The molecule has 88 valence electrons. The molecule has 0 radical (unpaired) electrons. The summed E-state index contributed by atoms with van der Waals surface area (Å²) in [5, 5.41) is 1.99. The zero-order chi connectivity index (χ0) is 11.8. The number of thiophene rings is 1. The maximum absolute atomic E-state index is 11.3. The van der Waals surface area contributed by atoms with Crippen LogP contribution in [0, 0.1) is 0 Å². The molecule has 0 saturated heterocycles. The number of ether oxygens (including phenoxy) is 1. The Morgan fingerprint density at radius 1 is 1.38 bits per heavy atom. The first kappa shape index (κ1) is 12.9. The Kier molecular flexibility index (Phi) is 5.78. The maximum atomic E-state index is 11.3. The molecule has 0 spiro atoms. The van der Waals surface area contributed by atoms with E-state index in [1.165, 1.54) is 4.88 Å². The van der Waals surface area contributed by atoms with Crippen LogP contribution in [-0.4, -0.2) is 18.4 Å². The molecule has 1 heterocycles. The number of esters is 1. The zero-order valence-electron chi connectivity index (χ0n) is 9.40. The molecule has 0 aliphatic heterocycles. The Morgan fingerprint density at radius 3 is 2.81 bits per heavy atom. The Bertz CT molecular complexity index is 330. The summed E-state index contributed by atoms with van der Waals surface area (Å²) >= 11 is 1.64. The minimum atomic E-state index is -0.183. The molecule has 0 atom stereocenters. The smallest absolute Gasteiger partial charge is 0.306 e. The average molecular weight is 240 g/mol. The van der Waals surface area contributed by atoms with E-state index in [4.69, 9.17) is 4.74 Å². The highest BCUT2D eigenvalue weighted by Gasteiger charge is 2.04. The van der Waals surface area contributed by atoms with Crippen LogP contribution in [0.1, 0.15) is 31.1 Å². The van der Waals surface area contributed by atoms with Gasteiger partial charge in [0.1, 0.15) is 5.78 Å². The van der Waals surface area contributed by atoms with Gasteiger partial charge >= 0.3 is 5.97 Å². The van der Waals surface area contributed by atoms with Crippen molar-refractivity contribution < 1.29 is 14.3 Å². The standard InChI is InChI=1S/C12H16O3S/c1-10(13)4-2-8-15-12(14)7-6-11-5-3-9-16-11/h3,5,9H,2,4,6-8H2,1H3. The van der Waals surface area contributed by atoms with Gasteiger partial charge in [-0.05, 0) is 31.2 Å². The van der Waals surface area contributed by atoms with E-state index in [1.54, 1.807) is 18.3 Å². The molecule has 1 aromatic heterocycles. The van der Waals surface area contributed by atoms with E-state index in [0.717, 1.165) is 6.42 Å². The quantitative estimate of drug-likeness (QED) is 0.543. The van der Waals surface area contributed by atoms with E-state index in [1.807, 2.05) is 17.5 Å². The van der Waals surface area contributed by atoms with Gasteiger partial charge in [-0.2, -0.15) is 0 Å². The van der Waals surface area contributed by atoms with Crippen LogP contribution in [-0.2, 0) is 20.7 Å². The molecule has 0 aromatic carbocycles. The number of carbonyl (C=O) groups excluding carboxylic acids is 2. The number of hydrogen-bond acceptors (Lipinski definition) is 4. The predicted octanol–water partition coefficient (Wildman–Crippen LogP) is 2.59. The molecule has 16 heavy (non-hydrogen) atoms. The summed E-state index contributed by atoms with van der Waals surface area (Å²) in [4.78, 5) is 23.1. The fraction of sp³-hybridized carbons (Fsp3) is 0.500. The zero-order valence-corrected chi connectivity index (χ0v) is 10.2. The number of rotatable bonds is 7. The van der Waals surface area contributed by atoms with Crippen LogP contribution < -0.4 is 0 Å². The first-order valence-electron chi connectivity index (χ1n) is 5.36. The first-order valence-corrected chi connectivity index (χ1v) is 6.24. The number of aryl methyl sites for hydroxylation is 1. The molecule has 0 amide bonds. The Morgan fingerprint density at radius 2 is 2.19 bits per heavy atom. The number of hydrogen-bond donors (Lipinski definition) is 0. The van der Waals surface area contributed by atoms with Crippen molar-refractivity contribution in [3.63, 3.8) is 0 Å². The van der Waals surface area contributed by atoms with Crippen LogP contribution in [0.25, 0.3) is 0 Å². The van der Waals surface area contributed by atoms with Crippen LogP contribution >= 0.6 is 11.3 Å². The molecule has 0 aliphatic rings. The van der Waals surface area contributed by atoms with Gasteiger partial charge in [-0.3, -0.25) is 4.79 Å². The van der Waals surface area contributed by atoms with Gasteiger partial charge in [0.2, 0.25) is 0 Å². The number of carbonyl (C=O) groups is 2. The molecule has 4 heteroatoms. The van der Waals surface area contributed by atoms with Gasteiger partial charge in [-0.25, -0.2) is 0 Å². The van der Waals surface area contributed by atoms with E-state index < -0.39 is 0 Å². The van der Waals surface area contributed by atoms with Gasteiger partial charge in [0, 0.05) is 11.3 Å². The monoisotopic (exact) mass is 240 g/mol. The van der Waals surface area contributed by atoms with Gasteiger partial charge in [-0.15, -0.1) is 11.3 Å². The largest absolute Gasteiger partial charge is 0.466 e. The SMILES string of the molecule is CC(=O)CCCOC(=O)CCc1cccs1. The molecule has 1 aromatic rings. The minimum Gasteiger partial charge on any atom is -0.466 e. The molecule has 1 rings (SSSR count). The van der Waals surface area contributed by atoms with Crippen molar-refractivity contribution >= 4 is 23.1 Å². The minimum absolute atomic E-state index is 0.134. The second-order valence-corrected chi connectivity index (χ2v) is 4.64. The summed E-state index contributed by atoms with van der Waals surface area (Å²) in [6.07, 6.45) is 2.27. The highest BCUT2D eigenvalue weighted by atomic mass is 32.1. The van der Waals surface area contributed by atoms with Crippen LogP contribution in [0.15, 0.2) is 17.5 Å². The fourth-order valence-corrected chi connectivity index (χ4v) is 1.97. The second-order valence-electron chi connectivity index (χ2n) is 3.61. The molecular weight excluding hydrogens is 224 g/mol. The van der Waals surface area contributed by atoms with Crippen LogP contribution in [0.5, 0.6) is 0 Å². The van der Waals surface area contributed by atoms with Crippen molar-refractivity contribution in [2.24, 2.45) is 0 Å². The maximum Gasteiger partial charge on any atom is 0.306 e. The Labute approximate surface area is 99.4 Å². The first-order chi connectivity index (χ1) is 7.68. The van der Waals surface area contributed by atoms with Crippen LogP contribution in [0.4, 0.5) is 0 Å². The normalized spacial score (nSPS) is 10.1. The Balaban J connectivity index is 2.05. The highest BCUT2D eigenvalue weighted by Crippen LogP contribution is 2.11. The van der Waals surface area contributed by atoms with E-state index in [9.17, 15) is 9.59 Å². The lowest BCUT2D eigenvalue weighted by Crippen LogP contribution is -2.07. The molecule has 0 saturated carbocycles. The summed E-state index contributed by atoms with van der Waals surface area (Å²) < 4.78 is 5.00. The number of ketones is 1. The van der Waals surface area contributed by atoms with Crippen molar-refractivity contribution in [2.75, 3.05) is 6.61 Å². The van der Waals surface area contributed by atoms with Crippen molar-refractivity contribution in [1.29, 1.82) is 0 Å². The Hall–Kier alpha value is -1.16. The number of Topliss-reactive ketones (excluding diaryl/α,β-unsaturated/α-hetero) is 1. The molecule has 3 nitrogen and oxygen atoms in total. The van der Waals surface area contributed by atoms with Crippen LogP contribution in [0.2, 0.25) is 0 Å². The summed E-state index contributed by atoms with van der Waals surface area (Å²) in [5.74, 6) is -0.0495. The molecule has 0 unspecified atom stereocenters. The van der Waals surface area contributed by atoms with Gasteiger partial charge in [0.25, 0.3) is 0 Å².